The van der Waals surface area contributed by atoms with Gasteiger partial charge in [0.1, 0.15) is 12.4 Å². The molecule has 0 unspecified atom stereocenters. The van der Waals surface area contributed by atoms with Crippen molar-refractivity contribution in [2.24, 2.45) is 5.73 Å². The third-order valence-electron chi connectivity index (χ3n) is 2.81. The van der Waals surface area contributed by atoms with Crippen LogP contribution in [0.4, 0.5) is 5.69 Å². The smallest absolute Gasteiger partial charge is 0.224 e. The van der Waals surface area contributed by atoms with Gasteiger partial charge >= 0.3 is 0 Å². The van der Waals surface area contributed by atoms with Gasteiger partial charge in [-0.1, -0.05) is 6.07 Å². The molecule has 0 aliphatic heterocycles. The molecule has 3 N–H and O–H groups in total. The summed E-state index contributed by atoms with van der Waals surface area (Å²) in [5.41, 5.74) is 7.19. The van der Waals surface area contributed by atoms with E-state index in [-0.39, 0.29) is 5.91 Å². The van der Waals surface area contributed by atoms with Crippen molar-refractivity contribution in [3.05, 3.63) is 23.8 Å². The maximum absolute atomic E-state index is 11.8. The van der Waals surface area contributed by atoms with Crippen molar-refractivity contribution in [1.29, 1.82) is 0 Å². The van der Waals surface area contributed by atoms with Crippen LogP contribution >= 0.6 is 0 Å². The Morgan fingerprint density at radius 2 is 2.10 bits per heavy atom. The molecule has 0 spiro atoms. The molecule has 1 aromatic rings. The molecule has 0 radical (unpaired) electrons. The molecule has 0 aromatic heterocycles. The van der Waals surface area contributed by atoms with E-state index in [1.807, 2.05) is 25.1 Å². The molecule has 1 amide bonds. The van der Waals surface area contributed by atoms with Gasteiger partial charge in [-0.2, -0.15) is 0 Å². The summed E-state index contributed by atoms with van der Waals surface area (Å²) in [5.74, 6) is 0.660. The predicted octanol–water partition coefficient (Wildman–Crippen LogP) is 2.09. The lowest BCUT2D eigenvalue weighted by atomic mass is 10.2. The maximum Gasteiger partial charge on any atom is 0.224 e. The van der Waals surface area contributed by atoms with E-state index in [9.17, 15) is 4.79 Å². The summed E-state index contributed by atoms with van der Waals surface area (Å²) in [7, 11) is 1.62. The predicted molar refractivity (Wildman–Crippen MR) is 80.1 cm³/mol. The minimum absolute atomic E-state index is 0.0149. The van der Waals surface area contributed by atoms with Crippen LogP contribution in [0, 0.1) is 6.92 Å². The number of anilines is 1. The van der Waals surface area contributed by atoms with Crippen LogP contribution in [-0.4, -0.2) is 32.8 Å². The van der Waals surface area contributed by atoms with Gasteiger partial charge in [-0.15, -0.1) is 0 Å². The van der Waals surface area contributed by atoms with Gasteiger partial charge in [-0.3, -0.25) is 4.79 Å². The van der Waals surface area contributed by atoms with E-state index in [4.69, 9.17) is 15.2 Å². The highest BCUT2D eigenvalue weighted by Gasteiger charge is 2.08. The summed E-state index contributed by atoms with van der Waals surface area (Å²) in [6, 6.07) is 5.71. The molecule has 0 fully saturated rings. The molecule has 0 saturated carbocycles. The van der Waals surface area contributed by atoms with E-state index >= 15 is 0 Å². The molecule has 1 rings (SSSR count). The van der Waals surface area contributed by atoms with Crippen LogP contribution < -0.4 is 15.8 Å². The van der Waals surface area contributed by atoms with E-state index in [2.05, 4.69) is 5.32 Å². The average molecular weight is 280 g/mol. The Kier molecular flexibility index (Phi) is 7.69. The van der Waals surface area contributed by atoms with Gasteiger partial charge in [-0.25, -0.2) is 0 Å². The lowest BCUT2D eigenvalue weighted by molar-refractivity contribution is -0.116. The van der Waals surface area contributed by atoms with Gasteiger partial charge in [0, 0.05) is 13.5 Å². The van der Waals surface area contributed by atoms with Crippen molar-refractivity contribution in [2.45, 2.75) is 26.2 Å². The summed E-state index contributed by atoms with van der Waals surface area (Å²) in [6.45, 7) is 3.56. The second-order valence-corrected chi connectivity index (χ2v) is 4.63. The zero-order chi connectivity index (χ0) is 14.8. The number of carbonyl (C=O) groups is 1. The number of rotatable bonds is 9. The van der Waals surface area contributed by atoms with E-state index in [1.54, 1.807) is 7.11 Å². The molecule has 1 aromatic carbocycles. The fourth-order valence-corrected chi connectivity index (χ4v) is 1.73. The molecule has 0 heterocycles. The van der Waals surface area contributed by atoms with E-state index in [1.165, 1.54) is 0 Å². The lowest BCUT2D eigenvalue weighted by Crippen LogP contribution is -2.14. The Hall–Kier alpha value is -1.59. The third-order valence-corrected chi connectivity index (χ3v) is 2.81. The first kappa shape index (κ1) is 16.5. The minimum atomic E-state index is -0.0149. The molecular weight excluding hydrogens is 256 g/mol. The van der Waals surface area contributed by atoms with Crippen molar-refractivity contribution < 1.29 is 14.3 Å². The first-order chi connectivity index (χ1) is 9.67. The van der Waals surface area contributed by atoms with E-state index in [0.717, 1.165) is 18.4 Å². The maximum atomic E-state index is 11.8. The van der Waals surface area contributed by atoms with Gasteiger partial charge in [0.15, 0.2) is 0 Å². The largest absolute Gasteiger partial charge is 0.489 e. The standard InChI is InChI=1S/C15H24N2O3/c1-12-6-7-13(14(11-12)20-10-9-19-2)17-15(18)5-3-4-8-16/h6-7,11H,3-5,8-10,16H2,1-2H3,(H,17,18). The summed E-state index contributed by atoms with van der Waals surface area (Å²) in [6.07, 6.45) is 2.13. The summed E-state index contributed by atoms with van der Waals surface area (Å²) >= 11 is 0. The highest BCUT2D eigenvalue weighted by atomic mass is 16.5. The minimum Gasteiger partial charge on any atom is -0.489 e. The molecule has 112 valence electrons. The highest BCUT2D eigenvalue weighted by molar-refractivity contribution is 5.92. The van der Waals surface area contributed by atoms with Gasteiger partial charge in [0.25, 0.3) is 0 Å². The number of nitrogens with one attached hydrogen (secondary N) is 1. The zero-order valence-electron chi connectivity index (χ0n) is 12.3. The fourth-order valence-electron chi connectivity index (χ4n) is 1.73. The van der Waals surface area contributed by atoms with Crippen molar-refractivity contribution >= 4 is 11.6 Å². The molecule has 0 saturated heterocycles. The van der Waals surface area contributed by atoms with E-state index in [0.29, 0.717) is 37.6 Å². The number of ether oxygens (including phenoxy) is 2. The zero-order valence-corrected chi connectivity index (χ0v) is 12.3. The lowest BCUT2D eigenvalue weighted by Gasteiger charge is -2.13. The van der Waals surface area contributed by atoms with Crippen LogP contribution in [0.2, 0.25) is 0 Å². The molecule has 0 bridgehead atoms. The fraction of sp³-hybridized carbons (Fsp3) is 0.533. The van der Waals surface area contributed by atoms with Crippen molar-refractivity contribution in [3.63, 3.8) is 0 Å². The third kappa shape index (κ3) is 6.04. The Labute approximate surface area is 120 Å². The van der Waals surface area contributed by atoms with Crippen LogP contribution in [0.3, 0.4) is 0 Å². The number of carbonyl (C=O) groups excluding carboxylic acids is 1. The Morgan fingerprint density at radius 3 is 2.80 bits per heavy atom. The number of hydrogen-bond donors (Lipinski definition) is 2. The van der Waals surface area contributed by atoms with Crippen LogP contribution in [0.5, 0.6) is 5.75 Å². The quantitative estimate of drug-likeness (QED) is 0.679. The van der Waals surface area contributed by atoms with Crippen LogP contribution in [0.25, 0.3) is 0 Å². The van der Waals surface area contributed by atoms with E-state index < -0.39 is 0 Å². The van der Waals surface area contributed by atoms with Gasteiger partial charge in [0.05, 0.1) is 12.3 Å². The highest BCUT2D eigenvalue weighted by Crippen LogP contribution is 2.26. The number of nitrogens with two attached hydrogens (primary N) is 1. The average Bonchev–Trinajstić information content (AvgIpc) is 2.42. The number of hydrogen-bond acceptors (Lipinski definition) is 4. The van der Waals surface area contributed by atoms with Crippen molar-refractivity contribution in [1.82, 2.24) is 0 Å². The SMILES string of the molecule is COCCOc1cc(C)ccc1NC(=O)CCCCN. The number of unbranched alkanes of at least 4 members (excludes halogenated alkanes) is 1. The Balaban J connectivity index is 2.60. The van der Waals surface area contributed by atoms with Gasteiger partial charge in [-0.05, 0) is 44.0 Å². The van der Waals surface area contributed by atoms with Crippen molar-refractivity contribution in [3.8, 4) is 5.75 Å². The number of benzene rings is 1. The van der Waals surface area contributed by atoms with Gasteiger partial charge < -0.3 is 20.5 Å². The van der Waals surface area contributed by atoms with Crippen LogP contribution in [0.1, 0.15) is 24.8 Å². The Bertz CT molecular complexity index is 422. The summed E-state index contributed by atoms with van der Waals surface area (Å²) in [4.78, 5) is 11.8. The second kappa shape index (κ2) is 9.34. The summed E-state index contributed by atoms with van der Waals surface area (Å²) in [5, 5.41) is 2.88. The number of amides is 1. The molecule has 5 heteroatoms. The first-order valence-corrected chi connectivity index (χ1v) is 6.89. The first-order valence-electron chi connectivity index (χ1n) is 6.89. The van der Waals surface area contributed by atoms with Gasteiger partial charge in [0.2, 0.25) is 5.91 Å². The Morgan fingerprint density at radius 1 is 1.30 bits per heavy atom. The molecule has 20 heavy (non-hydrogen) atoms. The molecule has 5 nitrogen and oxygen atoms in total. The molecular formula is C15H24N2O3. The molecule has 0 aliphatic rings. The summed E-state index contributed by atoms with van der Waals surface area (Å²) < 4.78 is 10.6. The molecule has 0 aliphatic carbocycles. The number of aryl methyl sites for hydroxylation is 1. The van der Waals surface area contributed by atoms with Crippen LogP contribution in [0.15, 0.2) is 18.2 Å². The molecule has 0 atom stereocenters. The number of methoxy groups -OCH3 is 1. The van der Waals surface area contributed by atoms with Crippen LogP contribution in [-0.2, 0) is 9.53 Å². The second-order valence-electron chi connectivity index (χ2n) is 4.63. The monoisotopic (exact) mass is 280 g/mol. The normalized spacial score (nSPS) is 10.3. The van der Waals surface area contributed by atoms with Crippen molar-refractivity contribution in [2.75, 3.05) is 32.2 Å². The topological polar surface area (TPSA) is 73.6 Å².